The van der Waals surface area contributed by atoms with E-state index in [-0.39, 0.29) is 6.04 Å². The second-order valence-corrected chi connectivity index (χ2v) is 6.07. The molecule has 0 aromatic rings. The van der Waals surface area contributed by atoms with Gasteiger partial charge in [-0.05, 0) is 33.6 Å². The molecular formula is C12H21N3O3. The Morgan fingerprint density at radius 1 is 1.44 bits per heavy atom. The number of nitrogens with one attached hydrogen (secondary N) is 1. The highest BCUT2D eigenvalue weighted by atomic mass is 16.6. The number of nitrogens with two attached hydrogens (primary N) is 1. The predicted molar refractivity (Wildman–Crippen MR) is 65.9 cm³/mol. The average molecular weight is 255 g/mol. The normalized spacial score (nSPS) is 31.3. The van der Waals surface area contributed by atoms with E-state index in [1.165, 1.54) is 0 Å². The maximum atomic E-state index is 12.3. The fraction of sp³-hybridized carbons (Fsp3) is 0.833. The van der Waals surface area contributed by atoms with Crippen molar-refractivity contribution in [2.75, 3.05) is 13.1 Å². The van der Waals surface area contributed by atoms with Crippen LogP contribution in [0.3, 0.4) is 0 Å². The van der Waals surface area contributed by atoms with Gasteiger partial charge in [0.1, 0.15) is 11.1 Å². The third-order valence-electron chi connectivity index (χ3n) is 3.56. The van der Waals surface area contributed by atoms with Gasteiger partial charge in [-0.2, -0.15) is 0 Å². The molecule has 0 saturated carbocycles. The van der Waals surface area contributed by atoms with Gasteiger partial charge in [-0.3, -0.25) is 9.69 Å². The Balaban J connectivity index is 2.25. The molecule has 3 N–H and O–H groups in total. The first kappa shape index (κ1) is 13.1. The van der Waals surface area contributed by atoms with Crippen molar-refractivity contribution in [2.45, 2.75) is 50.8 Å². The average Bonchev–Trinajstić information content (AvgIpc) is 2.45. The Morgan fingerprint density at radius 2 is 2.11 bits per heavy atom. The molecule has 2 atom stereocenters. The quantitative estimate of drug-likeness (QED) is 0.701. The molecule has 2 aliphatic rings. The van der Waals surface area contributed by atoms with E-state index in [0.29, 0.717) is 19.5 Å². The number of rotatable bonds is 1. The van der Waals surface area contributed by atoms with Gasteiger partial charge in [-0.1, -0.05) is 0 Å². The highest BCUT2D eigenvalue weighted by molar-refractivity contribution is 5.90. The molecule has 6 nitrogen and oxygen atoms in total. The summed E-state index contributed by atoms with van der Waals surface area (Å²) in [6.07, 6.45) is 0.958. The van der Waals surface area contributed by atoms with E-state index in [1.807, 2.05) is 20.8 Å². The first-order chi connectivity index (χ1) is 8.26. The molecule has 102 valence electrons. The second-order valence-electron chi connectivity index (χ2n) is 6.07. The zero-order chi connectivity index (χ0) is 13.6. The van der Waals surface area contributed by atoms with Crippen molar-refractivity contribution in [3.63, 3.8) is 0 Å². The van der Waals surface area contributed by atoms with Crippen LogP contribution in [0.25, 0.3) is 0 Å². The van der Waals surface area contributed by atoms with Crippen LogP contribution in [0, 0.1) is 0 Å². The lowest BCUT2D eigenvalue weighted by atomic mass is 9.95. The number of fused-ring (bicyclic) bond motifs is 2. The van der Waals surface area contributed by atoms with Gasteiger partial charge >= 0.3 is 6.09 Å². The van der Waals surface area contributed by atoms with Gasteiger partial charge in [-0.15, -0.1) is 0 Å². The summed E-state index contributed by atoms with van der Waals surface area (Å²) < 4.78 is 5.38. The van der Waals surface area contributed by atoms with Crippen LogP contribution in [0.4, 0.5) is 4.79 Å². The van der Waals surface area contributed by atoms with Crippen molar-refractivity contribution in [2.24, 2.45) is 5.73 Å². The van der Waals surface area contributed by atoms with E-state index in [1.54, 1.807) is 4.90 Å². The summed E-state index contributed by atoms with van der Waals surface area (Å²) in [5.41, 5.74) is 4.02. The lowest BCUT2D eigenvalue weighted by Crippen LogP contribution is -2.67. The minimum atomic E-state index is -0.911. The molecule has 0 spiro atoms. The fourth-order valence-electron chi connectivity index (χ4n) is 2.78. The van der Waals surface area contributed by atoms with Gasteiger partial charge in [0, 0.05) is 19.1 Å². The molecule has 2 amide bonds. The summed E-state index contributed by atoms with van der Waals surface area (Å²) >= 11 is 0. The zero-order valence-electron chi connectivity index (χ0n) is 11.2. The number of ether oxygens (including phenoxy) is 1. The Morgan fingerprint density at radius 3 is 2.67 bits per heavy atom. The summed E-state index contributed by atoms with van der Waals surface area (Å²) in [6, 6.07) is 0.00102. The molecule has 2 aliphatic heterocycles. The standard InChI is InChI=1S/C12H21N3O3/c1-11(2,3)18-10(17)15-8-4-5-12(15,9(13)16)7-14-6-8/h8,14H,4-7H2,1-3H3,(H2,13,16). The summed E-state index contributed by atoms with van der Waals surface area (Å²) in [4.78, 5) is 25.6. The molecule has 0 aromatic heterocycles. The Kier molecular flexibility index (Phi) is 3.01. The molecule has 0 radical (unpaired) electrons. The number of hydrogen-bond acceptors (Lipinski definition) is 4. The number of amides is 2. The van der Waals surface area contributed by atoms with E-state index >= 15 is 0 Å². The van der Waals surface area contributed by atoms with E-state index in [9.17, 15) is 9.59 Å². The van der Waals surface area contributed by atoms with Crippen molar-refractivity contribution < 1.29 is 14.3 Å². The van der Waals surface area contributed by atoms with Gasteiger partial charge < -0.3 is 15.8 Å². The van der Waals surface area contributed by atoms with Gasteiger partial charge in [0.25, 0.3) is 0 Å². The van der Waals surface area contributed by atoms with E-state index in [0.717, 1.165) is 6.42 Å². The number of piperazine rings is 1. The van der Waals surface area contributed by atoms with Crippen molar-refractivity contribution in [1.29, 1.82) is 0 Å². The minimum absolute atomic E-state index is 0.00102. The number of primary amides is 1. The fourth-order valence-corrected chi connectivity index (χ4v) is 2.78. The zero-order valence-corrected chi connectivity index (χ0v) is 11.2. The van der Waals surface area contributed by atoms with Crippen LogP contribution < -0.4 is 11.1 Å². The predicted octanol–water partition coefficient (Wildman–Crippen LogP) is 0.213. The molecule has 6 heteroatoms. The van der Waals surface area contributed by atoms with Crippen molar-refractivity contribution in [3.8, 4) is 0 Å². The van der Waals surface area contributed by atoms with Crippen LogP contribution >= 0.6 is 0 Å². The molecule has 0 aliphatic carbocycles. The number of hydrogen-bond donors (Lipinski definition) is 2. The molecule has 2 saturated heterocycles. The second kappa shape index (κ2) is 4.12. The molecule has 18 heavy (non-hydrogen) atoms. The number of carbonyl (C=O) groups is 2. The van der Waals surface area contributed by atoms with Crippen LogP contribution in [0.5, 0.6) is 0 Å². The van der Waals surface area contributed by atoms with Crippen molar-refractivity contribution >= 4 is 12.0 Å². The van der Waals surface area contributed by atoms with Gasteiger partial charge in [-0.25, -0.2) is 4.79 Å². The van der Waals surface area contributed by atoms with E-state index in [4.69, 9.17) is 10.5 Å². The molecule has 2 unspecified atom stereocenters. The molecule has 2 heterocycles. The number of nitrogens with zero attached hydrogens (tertiary/aromatic N) is 1. The summed E-state index contributed by atoms with van der Waals surface area (Å²) in [6.45, 7) is 6.54. The van der Waals surface area contributed by atoms with E-state index in [2.05, 4.69) is 5.32 Å². The Hall–Kier alpha value is -1.30. The van der Waals surface area contributed by atoms with Crippen molar-refractivity contribution in [3.05, 3.63) is 0 Å². The van der Waals surface area contributed by atoms with Crippen molar-refractivity contribution in [1.82, 2.24) is 10.2 Å². The number of carbonyl (C=O) groups excluding carboxylic acids is 2. The smallest absolute Gasteiger partial charge is 0.411 e. The third-order valence-corrected chi connectivity index (χ3v) is 3.56. The molecular weight excluding hydrogens is 234 g/mol. The van der Waals surface area contributed by atoms with Gasteiger partial charge in [0.05, 0.1) is 0 Å². The Bertz CT molecular complexity index is 373. The minimum Gasteiger partial charge on any atom is -0.444 e. The van der Waals surface area contributed by atoms with Gasteiger partial charge in [0.2, 0.25) is 5.91 Å². The summed E-state index contributed by atoms with van der Waals surface area (Å²) in [5, 5.41) is 3.17. The summed E-state index contributed by atoms with van der Waals surface area (Å²) in [7, 11) is 0. The third kappa shape index (κ3) is 2.05. The maximum Gasteiger partial charge on any atom is 0.411 e. The highest BCUT2D eigenvalue weighted by Gasteiger charge is 2.56. The van der Waals surface area contributed by atoms with E-state index < -0.39 is 23.1 Å². The van der Waals surface area contributed by atoms with Crippen LogP contribution in [-0.2, 0) is 9.53 Å². The maximum absolute atomic E-state index is 12.3. The monoisotopic (exact) mass is 255 g/mol. The molecule has 0 aromatic carbocycles. The van der Waals surface area contributed by atoms with Crippen LogP contribution in [-0.4, -0.2) is 47.2 Å². The topological polar surface area (TPSA) is 84.7 Å². The highest BCUT2D eigenvalue weighted by Crippen LogP contribution is 2.37. The first-order valence-corrected chi connectivity index (χ1v) is 6.29. The van der Waals surface area contributed by atoms with Crippen LogP contribution in [0.2, 0.25) is 0 Å². The lowest BCUT2D eigenvalue weighted by molar-refractivity contribution is -0.130. The summed E-state index contributed by atoms with van der Waals surface area (Å²) in [5.74, 6) is -0.456. The molecule has 2 fully saturated rings. The molecule has 2 bridgehead atoms. The lowest BCUT2D eigenvalue weighted by Gasteiger charge is -2.43. The largest absolute Gasteiger partial charge is 0.444 e. The Labute approximate surface area is 107 Å². The SMILES string of the molecule is CC(C)(C)OC(=O)N1C2CCC1(C(N)=O)CNC2. The first-order valence-electron chi connectivity index (χ1n) is 6.29. The molecule has 2 rings (SSSR count). The van der Waals surface area contributed by atoms with Crippen LogP contribution in [0.1, 0.15) is 33.6 Å². The van der Waals surface area contributed by atoms with Crippen LogP contribution in [0.15, 0.2) is 0 Å². The van der Waals surface area contributed by atoms with Gasteiger partial charge in [0.15, 0.2) is 0 Å².